The van der Waals surface area contributed by atoms with E-state index in [4.69, 9.17) is 5.73 Å². The van der Waals surface area contributed by atoms with Gasteiger partial charge in [-0.3, -0.25) is 0 Å². The van der Waals surface area contributed by atoms with Crippen LogP contribution in [-0.2, 0) is 19.4 Å². The van der Waals surface area contributed by atoms with Crippen LogP contribution in [0.4, 0.5) is 13.2 Å². The van der Waals surface area contributed by atoms with E-state index in [1.807, 2.05) is 30.3 Å². The molecule has 0 atom stereocenters. The van der Waals surface area contributed by atoms with E-state index in [9.17, 15) is 13.2 Å². The Kier molecular flexibility index (Phi) is 7.06. The first-order chi connectivity index (χ1) is 11.9. The Hall–Kier alpha value is -1.60. The van der Waals surface area contributed by atoms with Crippen LogP contribution >= 0.6 is 12.4 Å². The lowest BCUT2D eigenvalue weighted by Gasteiger charge is -2.25. The van der Waals surface area contributed by atoms with Gasteiger partial charge in [-0.05, 0) is 37.7 Å². The third-order valence-electron chi connectivity index (χ3n) is 4.69. The molecule has 0 amide bonds. The number of alkyl halides is 3. The molecule has 0 unspecified atom stereocenters. The minimum atomic E-state index is -4.30. The molecule has 8 heteroatoms. The molecular formula is C18H24ClF3N4. The molecule has 1 aliphatic carbocycles. The first-order valence-corrected chi connectivity index (χ1v) is 8.70. The van der Waals surface area contributed by atoms with Crippen LogP contribution in [0, 0.1) is 0 Å². The molecule has 0 radical (unpaired) electrons. The number of aryl methyl sites for hydroxylation is 2. The minimum Gasteiger partial charge on any atom is -0.328 e. The molecule has 2 aromatic rings. The maximum absolute atomic E-state index is 12.9. The van der Waals surface area contributed by atoms with Crippen LogP contribution in [0.3, 0.4) is 0 Å². The second-order valence-corrected chi connectivity index (χ2v) is 6.76. The number of nitrogens with zero attached hydrogens (tertiary/aromatic N) is 3. The Balaban J connectivity index is 0.00000243. The number of halogens is 4. The fourth-order valence-electron chi connectivity index (χ4n) is 3.38. The highest BCUT2D eigenvalue weighted by Crippen LogP contribution is 2.32. The molecule has 1 fully saturated rings. The van der Waals surface area contributed by atoms with Gasteiger partial charge in [-0.15, -0.1) is 12.4 Å². The van der Waals surface area contributed by atoms with Crippen LogP contribution in [0.25, 0.3) is 0 Å². The molecule has 1 aromatic heterocycles. The van der Waals surface area contributed by atoms with Crippen LogP contribution < -0.4 is 5.73 Å². The molecule has 0 aliphatic heterocycles. The lowest BCUT2D eigenvalue weighted by Crippen LogP contribution is -2.28. The zero-order valence-electron chi connectivity index (χ0n) is 14.5. The maximum Gasteiger partial charge on any atom is 0.408 e. The van der Waals surface area contributed by atoms with Crippen molar-refractivity contribution in [1.29, 1.82) is 0 Å². The Morgan fingerprint density at radius 3 is 2.31 bits per heavy atom. The predicted molar refractivity (Wildman–Crippen MR) is 96.4 cm³/mol. The van der Waals surface area contributed by atoms with Crippen LogP contribution in [0.1, 0.15) is 48.8 Å². The molecule has 1 aromatic carbocycles. The van der Waals surface area contributed by atoms with Crippen LogP contribution in [0.15, 0.2) is 30.3 Å². The zero-order chi connectivity index (χ0) is 17.9. The van der Waals surface area contributed by atoms with Crippen molar-refractivity contribution in [3.63, 3.8) is 0 Å². The molecule has 1 heterocycles. The summed E-state index contributed by atoms with van der Waals surface area (Å²) in [5.41, 5.74) is 7.03. The van der Waals surface area contributed by atoms with E-state index in [0.717, 1.165) is 35.9 Å². The van der Waals surface area contributed by atoms with E-state index in [1.54, 1.807) is 0 Å². The Labute approximate surface area is 157 Å². The fourth-order valence-corrected chi connectivity index (χ4v) is 3.38. The second kappa shape index (κ2) is 8.86. The second-order valence-electron chi connectivity index (χ2n) is 6.76. The summed E-state index contributed by atoms with van der Waals surface area (Å²) < 4.78 is 39.8. The fraction of sp³-hybridized carbons (Fsp3) is 0.556. The summed E-state index contributed by atoms with van der Waals surface area (Å²) in [5, 5.41) is 4.16. The molecule has 2 N–H and O–H groups in total. The number of benzene rings is 1. The SMILES string of the molecule is Cl.NC1CCC(c2nc(CCc3ccccc3)nn2CC(F)(F)F)CC1. The highest BCUT2D eigenvalue weighted by Gasteiger charge is 2.33. The molecule has 1 aliphatic rings. The van der Waals surface area contributed by atoms with E-state index >= 15 is 0 Å². The lowest BCUT2D eigenvalue weighted by molar-refractivity contribution is -0.143. The smallest absolute Gasteiger partial charge is 0.328 e. The van der Waals surface area contributed by atoms with Gasteiger partial charge >= 0.3 is 6.18 Å². The molecule has 4 nitrogen and oxygen atoms in total. The average molecular weight is 389 g/mol. The topological polar surface area (TPSA) is 56.7 Å². The predicted octanol–water partition coefficient (Wildman–Crippen LogP) is 4.03. The van der Waals surface area contributed by atoms with Crippen molar-refractivity contribution in [3.05, 3.63) is 47.5 Å². The lowest BCUT2D eigenvalue weighted by atomic mass is 9.86. The monoisotopic (exact) mass is 388 g/mol. The quantitative estimate of drug-likeness (QED) is 0.841. The van der Waals surface area contributed by atoms with Crippen molar-refractivity contribution in [2.75, 3.05) is 0 Å². The number of rotatable bonds is 5. The van der Waals surface area contributed by atoms with Crippen molar-refractivity contribution in [1.82, 2.24) is 14.8 Å². The molecular weight excluding hydrogens is 365 g/mol. The van der Waals surface area contributed by atoms with Crippen LogP contribution in [0.5, 0.6) is 0 Å². The first-order valence-electron chi connectivity index (χ1n) is 8.70. The van der Waals surface area contributed by atoms with Gasteiger partial charge in [0.25, 0.3) is 0 Å². The highest BCUT2D eigenvalue weighted by atomic mass is 35.5. The summed E-state index contributed by atoms with van der Waals surface area (Å²) in [7, 11) is 0. The van der Waals surface area contributed by atoms with Crippen LogP contribution in [-0.4, -0.2) is 27.0 Å². The van der Waals surface area contributed by atoms with Gasteiger partial charge in [0, 0.05) is 18.4 Å². The number of hydrogen-bond donors (Lipinski definition) is 1. The normalized spacial score (nSPS) is 20.6. The Bertz CT molecular complexity index is 679. The Morgan fingerprint density at radius 1 is 1.04 bits per heavy atom. The van der Waals surface area contributed by atoms with Crippen LogP contribution in [0.2, 0.25) is 0 Å². The standard InChI is InChI=1S/C18H23F3N4.ClH/c19-18(20,21)12-25-17(14-7-9-15(22)10-8-14)23-16(24-25)11-6-13-4-2-1-3-5-13;/h1-5,14-15H,6-12,22H2;1H. The largest absolute Gasteiger partial charge is 0.408 e. The maximum atomic E-state index is 12.9. The number of nitrogens with two attached hydrogens (primary N) is 1. The van der Waals surface area contributed by atoms with E-state index in [2.05, 4.69) is 10.1 Å². The van der Waals surface area contributed by atoms with E-state index in [1.165, 1.54) is 0 Å². The van der Waals surface area contributed by atoms with Gasteiger partial charge in [0.2, 0.25) is 0 Å². The van der Waals surface area contributed by atoms with Gasteiger partial charge in [-0.2, -0.15) is 18.3 Å². The summed E-state index contributed by atoms with van der Waals surface area (Å²) in [5.74, 6) is 0.963. The zero-order valence-corrected chi connectivity index (χ0v) is 15.3. The van der Waals surface area contributed by atoms with Crippen molar-refractivity contribution in [2.45, 2.75) is 63.2 Å². The van der Waals surface area contributed by atoms with E-state index < -0.39 is 12.7 Å². The summed E-state index contributed by atoms with van der Waals surface area (Å²) >= 11 is 0. The minimum absolute atomic E-state index is 0. The van der Waals surface area contributed by atoms with Crippen molar-refractivity contribution in [2.24, 2.45) is 5.73 Å². The summed E-state index contributed by atoms with van der Waals surface area (Å²) in [6.45, 7) is -1.08. The van der Waals surface area contributed by atoms with Gasteiger partial charge in [0.05, 0.1) is 0 Å². The molecule has 0 spiro atoms. The van der Waals surface area contributed by atoms with E-state index in [-0.39, 0.29) is 24.4 Å². The number of aromatic nitrogens is 3. The van der Waals surface area contributed by atoms with Gasteiger partial charge in [-0.25, -0.2) is 9.67 Å². The van der Waals surface area contributed by atoms with Gasteiger partial charge in [-0.1, -0.05) is 30.3 Å². The molecule has 26 heavy (non-hydrogen) atoms. The summed E-state index contributed by atoms with van der Waals surface area (Å²) in [6.07, 6.45) is 0.141. The summed E-state index contributed by atoms with van der Waals surface area (Å²) in [4.78, 5) is 4.47. The third-order valence-corrected chi connectivity index (χ3v) is 4.69. The molecule has 0 bridgehead atoms. The van der Waals surface area contributed by atoms with Crippen molar-refractivity contribution in [3.8, 4) is 0 Å². The van der Waals surface area contributed by atoms with Gasteiger partial charge in [0.15, 0.2) is 5.82 Å². The first kappa shape index (κ1) is 20.7. The van der Waals surface area contributed by atoms with Crippen molar-refractivity contribution >= 4 is 12.4 Å². The van der Waals surface area contributed by atoms with Crippen molar-refractivity contribution < 1.29 is 13.2 Å². The molecule has 3 rings (SSSR count). The summed E-state index contributed by atoms with van der Waals surface area (Å²) in [6, 6.07) is 9.97. The van der Waals surface area contributed by atoms with Gasteiger partial charge < -0.3 is 5.73 Å². The Morgan fingerprint density at radius 2 is 1.69 bits per heavy atom. The highest BCUT2D eigenvalue weighted by molar-refractivity contribution is 5.85. The average Bonchev–Trinajstić information content (AvgIpc) is 2.95. The number of hydrogen-bond acceptors (Lipinski definition) is 3. The molecule has 144 valence electrons. The molecule has 0 saturated heterocycles. The third kappa shape index (κ3) is 5.71. The van der Waals surface area contributed by atoms with E-state index in [0.29, 0.717) is 24.5 Å². The molecule has 1 saturated carbocycles. The van der Waals surface area contributed by atoms with Gasteiger partial charge in [0.1, 0.15) is 12.4 Å².